The summed E-state index contributed by atoms with van der Waals surface area (Å²) >= 11 is 0. The average Bonchev–Trinajstić information content (AvgIpc) is 3.58. The van der Waals surface area contributed by atoms with Gasteiger partial charge >= 0.3 is 0 Å². The molecule has 4 aromatic carbocycles. The quantitative estimate of drug-likeness (QED) is 0.177. The van der Waals surface area contributed by atoms with Gasteiger partial charge in [-0.05, 0) is 78.9 Å². The van der Waals surface area contributed by atoms with Gasteiger partial charge in [-0.1, -0.05) is 18.7 Å². The number of carbonyl (C=O) groups excluding carboxylic acids is 3. The van der Waals surface area contributed by atoms with E-state index in [1.807, 2.05) is 0 Å². The first-order valence-electron chi connectivity index (χ1n) is 13.2. The van der Waals surface area contributed by atoms with Crippen LogP contribution in [0.15, 0.2) is 149 Å². The molecule has 0 radical (unpaired) electrons. The molecule has 0 saturated carbocycles. The number of nitrogens with zero attached hydrogens (tertiary/aromatic N) is 2. The smallest absolute Gasteiger partial charge is 0.258 e. The summed E-state index contributed by atoms with van der Waals surface area (Å²) in [7, 11) is -3.85. The molecule has 0 saturated heterocycles. The van der Waals surface area contributed by atoms with Crippen LogP contribution in [0.1, 0.15) is 0 Å². The van der Waals surface area contributed by atoms with Crippen molar-refractivity contribution in [3.05, 3.63) is 139 Å². The predicted octanol–water partition coefficient (Wildman–Crippen LogP) is 6.11. The molecule has 0 aliphatic carbocycles. The number of sulfone groups is 1. The second-order valence-electron chi connectivity index (χ2n) is 9.56. The van der Waals surface area contributed by atoms with E-state index in [-0.39, 0.29) is 15.7 Å². The van der Waals surface area contributed by atoms with Gasteiger partial charge in [0.15, 0.2) is 0 Å². The molecule has 3 amide bonds. The van der Waals surface area contributed by atoms with Gasteiger partial charge < -0.3 is 9.47 Å². The second-order valence-corrected chi connectivity index (χ2v) is 11.5. The van der Waals surface area contributed by atoms with Crippen molar-refractivity contribution in [2.45, 2.75) is 9.79 Å². The molecule has 216 valence electrons. The van der Waals surface area contributed by atoms with Crippen LogP contribution in [0.5, 0.6) is 23.0 Å². The van der Waals surface area contributed by atoms with E-state index in [0.717, 1.165) is 4.90 Å². The van der Waals surface area contributed by atoms with E-state index < -0.39 is 21.7 Å². The van der Waals surface area contributed by atoms with E-state index >= 15 is 0 Å². The fraction of sp³-hybridized carbons (Fsp3) is 0. The number of ether oxygens (including phenoxy) is 2. The lowest BCUT2D eigenvalue weighted by Gasteiger charge is -2.17. The summed E-state index contributed by atoms with van der Waals surface area (Å²) in [5, 5.41) is 0. The van der Waals surface area contributed by atoms with Crippen LogP contribution >= 0.6 is 0 Å². The Morgan fingerprint density at radius 3 is 1.45 bits per heavy atom. The Morgan fingerprint density at radius 2 is 0.977 bits per heavy atom. The number of anilines is 2. The largest absolute Gasteiger partial charge is 0.457 e. The zero-order chi connectivity index (χ0) is 30.8. The zero-order valence-corrected chi connectivity index (χ0v) is 23.7. The van der Waals surface area contributed by atoms with Crippen LogP contribution in [0.25, 0.3) is 0 Å². The molecule has 2 heterocycles. The number of allylic oxidation sites excluding steroid dienone is 1. The third kappa shape index (κ3) is 5.46. The molecule has 44 heavy (non-hydrogen) atoms. The van der Waals surface area contributed by atoms with Gasteiger partial charge in [0.05, 0.1) is 26.9 Å². The first-order valence-corrected chi connectivity index (χ1v) is 14.7. The number of amides is 3. The SMILES string of the molecule is C=C=C1C=CC(=O)N1c1cccc(Oc2ccc(S(=O)(=O)c3ccc(Oc4cccc(N5C(=O)C=CC5=O)c4)cc3)cc2)c1. The van der Waals surface area contributed by atoms with Crippen molar-refractivity contribution in [2.75, 3.05) is 9.80 Å². The molecule has 2 aliphatic rings. The number of imide groups is 1. The molecule has 10 heteroatoms. The van der Waals surface area contributed by atoms with E-state index in [0.29, 0.717) is 40.1 Å². The van der Waals surface area contributed by atoms with E-state index in [1.165, 1.54) is 59.5 Å². The van der Waals surface area contributed by atoms with E-state index in [2.05, 4.69) is 12.3 Å². The number of hydrogen-bond donors (Lipinski definition) is 0. The van der Waals surface area contributed by atoms with Crippen molar-refractivity contribution in [2.24, 2.45) is 0 Å². The number of hydrogen-bond acceptors (Lipinski definition) is 7. The Hall–Kier alpha value is -5.96. The lowest BCUT2D eigenvalue weighted by atomic mass is 10.2. The van der Waals surface area contributed by atoms with Gasteiger partial charge in [-0.2, -0.15) is 0 Å². The summed E-state index contributed by atoms with van der Waals surface area (Å²) < 4.78 is 38.4. The Balaban J connectivity index is 1.14. The van der Waals surface area contributed by atoms with Crippen LogP contribution < -0.4 is 19.3 Å². The highest BCUT2D eigenvalue weighted by Gasteiger charge is 2.26. The minimum Gasteiger partial charge on any atom is -0.457 e. The van der Waals surface area contributed by atoms with Crippen molar-refractivity contribution >= 4 is 38.9 Å². The number of benzene rings is 4. The van der Waals surface area contributed by atoms with Crippen LogP contribution in [-0.4, -0.2) is 26.1 Å². The monoisotopic (exact) mass is 602 g/mol. The molecule has 0 spiro atoms. The zero-order valence-electron chi connectivity index (χ0n) is 22.9. The highest BCUT2D eigenvalue weighted by atomic mass is 32.2. The summed E-state index contributed by atoms with van der Waals surface area (Å²) in [4.78, 5) is 38.9. The molecular formula is C34H22N2O7S. The van der Waals surface area contributed by atoms with Crippen LogP contribution in [0.3, 0.4) is 0 Å². The molecule has 0 bridgehead atoms. The lowest BCUT2D eigenvalue weighted by Crippen LogP contribution is -2.29. The van der Waals surface area contributed by atoms with Crippen LogP contribution in [0.4, 0.5) is 11.4 Å². The maximum Gasteiger partial charge on any atom is 0.258 e. The molecule has 9 nitrogen and oxygen atoms in total. The molecule has 0 fully saturated rings. The van der Waals surface area contributed by atoms with Crippen molar-refractivity contribution in [1.29, 1.82) is 0 Å². The van der Waals surface area contributed by atoms with Crippen molar-refractivity contribution in [3.8, 4) is 23.0 Å². The second kappa shape index (κ2) is 11.4. The minimum atomic E-state index is -3.85. The lowest BCUT2D eigenvalue weighted by molar-refractivity contribution is -0.120. The standard InChI is InChI=1S/C34H22N2O7S/c1-2-23-9-18-32(37)35(23)24-5-3-7-28(21-24)42-26-10-14-30(15-11-26)44(40,41)31-16-12-27(13-17-31)43-29-8-4-6-25(22-29)36-33(38)19-20-34(36)39/h3-22H,1H2. The first kappa shape index (κ1) is 28.2. The van der Waals surface area contributed by atoms with Gasteiger partial charge in [-0.3, -0.25) is 19.3 Å². The first-order chi connectivity index (χ1) is 21.2. The van der Waals surface area contributed by atoms with Gasteiger partial charge in [-0.15, -0.1) is 5.73 Å². The van der Waals surface area contributed by atoms with Gasteiger partial charge in [0.1, 0.15) is 23.0 Å². The molecule has 6 rings (SSSR count). The van der Waals surface area contributed by atoms with E-state index in [4.69, 9.17) is 9.47 Å². The predicted molar refractivity (Wildman–Crippen MR) is 162 cm³/mol. The van der Waals surface area contributed by atoms with Crippen molar-refractivity contribution in [3.63, 3.8) is 0 Å². The van der Waals surface area contributed by atoms with E-state index in [1.54, 1.807) is 66.7 Å². The molecule has 2 aliphatic heterocycles. The third-order valence-electron chi connectivity index (χ3n) is 6.73. The minimum absolute atomic E-state index is 0.0641. The molecular weight excluding hydrogens is 580 g/mol. The van der Waals surface area contributed by atoms with Gasteiger partial charge in [0, 0.05) is 30.4 Å². The third-order valence-corrected chi connectivity index (χ3v) is 8.51. The number of rotatable bonds is 8. The molecule has 0 unspecified atom stereocenters. The van der Waals surface area contributed by atoms with Crippen LogP contribution in [0, 0.1) is 0 Å². The number of carbonyl (C=O) groups is 3. The molecule has 4 aromatic rings. The molecule has 0 aromatic heterocycles. The Bertz CT molecular complexity index is 2020. The van der Waals surface area contributed by atoms with Crippen LogP contribution in [-0.2, 0) is 24.2 Å². The fourth-order valence-electron chi connectivity index (χ4n) is 4.63. The van der Waals surface area contributed by atoms with Crippen molar-refractivity contribution < 1.29 is 32.3 Å². The average molecular weight is 603 g/mol. The molecule has 0 N–H and O–H groups in total. The topological polar surface area (TPSA) is 110 Å². The molecule has 0 atom stereocenters. The summed E-state index contributed by atoms with van der Waals surface area (Å²) in [5.41, 5.74) is 4.20. The maximum atomic E-state index is 13.3. The Morgan fingerprint density at radius 1 is 0.545 bits per heavy atom. The summed E-state index contributed by atoms with van der Waals surface area (Å²) in [6.45, 7) is 3.62. The normalized spacial score (nSPS) is 14.4. The highest BCUT2D eigenvalue weighted by Crippen LogP contribution is 2.32. The Labute approximate surface area is 252 Å². The Kier molecular flexibility index (Phi) is 7.28. The van der Waals surface area contributed by atoms with Crippen LogP contribution in [0.2, 0.25) is 0 Å². The van der Waals surface area contributed by atoms with Gasteiger partial charge in [0.25, 0.3) is 17.7 Å². The van der Waals surface area contributed by atoms with Gasteiger partial charge in [-0.25, -0.2) is 13.3 Å². The van der Waals surface area contributed by atoms with E-state index in [9.17, 15) is 22.8 Å². The highest BCUT2D eigenvalue weighted by molar-refractivity contribution is 7.91. The summed E-state index contributed by atoms with van der Waals surface area (Å²) in [6, 6.07) is 25.3. The maximum absolute atomic E-state index is 13.3. The summed E-state index contributed by atoms with van der Waals surface area (Å²) in [5.74, 6) is 0.497. The summed E-state index contributed by atoms with van der Waals surface area (Å²) in [6.07, 6.45) is 5.45. The van der Waals surface area contributed by atoms with Gasteiger partial charge in [0.2, 0.25) is 9.84 Å². The van der Waals surface area contributed by atoms with Crippen molar-refractivity contribution in [1.82, 2.24) is 0 Å². The fourth-order valence-corrected chi connectivity index (χ4v) is 5.89.